The molecule has 0 unspecified atom stereocenters. The molecule has 1 saturated heterocycles. The fourth-order valence-electron chi connectivity index (χ4n) is 5.91. The molecule has 1 N–H and O–H groups in total. The minimum atomic E-state index is -0.284. The molecule has 2 amide bonds. The van der Waals surface area contributed by atoms with E-state index in [1.54, 1.807) is 0 Å². The van der Waals surface area contributed by atoms with Gasteiger partial charge in [0.05, 0.1) is 32.7 Å². The van der Waals surface area contributed by atoms with Crippen LogP contribution in [0.1, 0.15) is 34.1 Å². The van der Waals surface area contributed by atoms with Crippen molar-refractivity contribution >= 4 is 23.6 Å². The van der Waals surface area contributed by atoms with E-state index >= 15 is 0 Å². The van der Waals surface area contributed by atoms with Crippen molar-refractivity contribution in [2.45, 2.75) is 31.6 Å². The largest absolute Gasteiger partial charge is 0.355 e. The molecule has 3 aromatic carbocycles. The number of nitrogens with one attached hydrogen (secondary N) is 1. The van der Waals surface area contributed by atoms with E-state index in [0.717, 1.165) is 30.0 Å². The molecule has 7 nitrogen and oxygen atoms in total. The monoisotopic (exact) mass is 576 g/mol. The van der Waals surface area contributed by atoms with Gasteiger partial charge in [-0.25, -0.2) is 9.97 Å². The van der Waals surface area contributed by atoms with E-state index in [4.69, 9.17) is 0 Å². The first kappa shape index (κ1) is 27.9. The molecule has 1 aromatic heterocycles. The summed E-state index contributed by atoms with van der Waals surface area (Å²) in [6, 6.07) is 33.0. The van der Waals surface area contributed by atoms with E-state index in [1.165, 1.54) is 32.7 Å². The number of carbonyl (C=O) groups excluding carboxylic acids is 2. The van der Waals surface area contributed by atoms with Crippen LogP contribution in [0.3, 0.4) is 0 Å². The second-order valence-electron chi connectivity index (χ2n) is 10.8. The molecule has 0 spiro atoms. The van der Waals surface area contributed by atoms with Gasteiger partial charge in [-0.15, -0.1) is 0 Å². The molecule has 212 valence electrons. The van der Waals surface area contributed by atoms with Crippen LogP contribution in [-0.4, -0.2) is 57.8 Å². The van der Waals surface area contributed by atoms with Gasteiger partial charge in [-0.3, -0.25) is 14.5 Å². The third-order valence-electron chi connectivity index (χ3n) is 7.84. The van der Waals surface area contributed by atoms with Crippen molar-refractivity contribution in [1.82, 2.24) is 19.8 Å². The van der Waals surface area contributed by atoms with Crippen LogP contribution in [0.4, 0.5) is 0 Å². The van der Waals surface area contributed by atoms with Crippen molar-refractivity contribution in [3.8, 4) is 0 Å². The van der Waals surface area contributed by atoms with Crippen molar-refractivity contribution in [1.29, 1.82) is 0 Å². The number of rotatable bonds is 8. The molecule has 0 aliphatic carbocycles. The van der Waals surface area contributed by atoms with Gasteiger partial charge in [0.2, 0.25) is 0 Å². The van der Waals surface area contributed by atoms with Crippen molar-refractivity contribution in [3.63, 3.8) is 0 Å². The molecule has 0 atom stereocenters. The lowest BCUT2D eigenvalue weighted by Crippen LogP contribution is -3.15. The number of quaternary nitrogens is 1. The summed E-state index contributed by atoms with van der Waals surface area (Å²) in [5.41, 5.74) is 5.59. The number of hydrogen-bond donors (Lipinski definition) is 1. The Hall–Kier alpha value is -4.27. The Kier molecular flexibility index (Phi) is 8.17. The number of aryl methyl sites for hydroxylation is 2. The molecule has 8 heteroatoms. The van der Waals surface area contributed by atoms with Crippen molar-refractivity contribution in [3.05, 3.63) is 136 Å². The molecule has 2 aliphatic heterocycles. The fourth-order valence-corrected chi connectivity index (χ4v) is 6.99. The van der Waals surface area contributed by atoms with E-state index < -0.39 is 0 Å². The zero-order chi connectivity index (χ0) is 29.1. The second kappa shape index (κ2) is 12.3. The Bertz CT molecular complexity index is 1540. The summed E-state index contributed by atoms with van der Waals surface area (Å²) in [4.78, 5) is 42.2. The average molecular weight is 577 g/mol. The smallest absolute Gasteiger partial charge is 0.278 e. The van der Waals surface area contributed by atoms with Crippen LogP contribution in [0, 0.1) is 13.8 Å². The number of hydrogen-bond acceptors (Lipinski definition) is 6. The topological polar surface area (TPSA) is 70.8 Å². The molecule has 4 aromatic rings. The molecule has 0 bridgehead atoms. The Balaban J connectivity index is 1.29. The summed E-state index contributed by atoms with van der Waals surface area (Å²) in [6.45, 7) is 7.04. The van der Waals surface area contributed by atoms with Gasteiger partial charge in [0.15, 0.2) is 5.16 Å². The van der Waals surface area contributed by atoms with Gasteiger partial charge in [-0.2, -0.15) is 0 Å². The summed E-state index contributed by atoms with van der Waals surface area (Å²) in [5, 5.41) is 0.486. The zero-order valence-electron chi connectivity index (χ0n) is 23.9. The van der Waals surface area contributed by atoms with Crippen LogP contribution in [0.15, 0.2) is 113 Å². The number of thioether (sulfide) groups is 1. The van der Waals surface area contributed by atoms with Crippen molar-refractivity contribution in [2.24, 2.45) is 0 Å². The van der Waals surface area contributed by atoms with Gasteiger partial charge >= 0.3 is 0 Å². The summed E-state index contributed by atoms with van der Waals surface area (Å²) in [7, 11) is 0. The highest BCUT2D eigenvalue weighted by Gasteiger charge is 2.43. The Morgan fingerprint density at radius 2 is 1.29 bits per heavy atom. The predicted octanol–water partition coefficient (Wildman–Crippen LogP) is 3.96. The molecule has 42 heavy (non-hydrogen) atoms. The third kappa shape index (κ3) is 5.86. The molecular formula is C34H34N5O2S+. The second-order valence-corrected chi connectivity index (χ2v) is 11.8. The normalized spacial score (nSPS) is 16.2. The number of carbonyl (C=O) groups is 2. The summed E-state index contributed by atoms with van der Waals surface area (Å²) in [6.07, 6.45) is 0. The Morgan fingerprint density at radius 3 is 1.83 bits per heavy atom. The minimum absolute atomic E-state index is 0.191. The molecule has 6 rings (SSSR count). The SMILES string of the molecule is Cc1cc(C)nc(SC2=C(N3CC[NH+](C(c4ccccc4)c4ccccc4)CC3)C(=O)N(Cc3ccccc3)C2=O)n1. The van der Waals surface area contributed by atoms with Crippen LogP contribution in [-0.2, 0) is 16.1 Å². The first-order valence-electron chi connectivity index (χ1n) is 14.3. The third-order valence-corrected chi connectivity index (χ3v) is 8.77. The highest BCUT2D eigenvalue weighted by atomic mass is 32.2. The average Bonchev–Trinajstić information content (AvgIpc) is 3.23. The summed E-state index contributed by atoms with van der Waals surface area (Å²) < 4.78 is 0. The lowest BCUT2D eigenvalue weighted by Gasteiger charge is -2.38. The quantitative estimate of drug-likeness (QED) is 0.253. The number of aromatic nitrogens is 2. The van der Waals surface area contributed by atoms with Crippen LogP contribution in [0.25, 0.3) is 0 Å². The first-order chi connectivity index (χ1) is 20.5. The van der Waals surface area contributed by atoms with Crippen molar-refractivity contribution in [2.75, 3.05) is 26.2 Å². The summed E-state index contributed by atoms with van der Waals surface area (Å²) >= 11 is 1.21. The number of nitrogens with zero attached hydrogens (tertiary/aromatic N) is 4. The van der Waals surface area contributed by atoms with Crippen LogP contribution >= 0.6 is 11.8 Å². The molecule has 0 radical (unpaired) electrons. The number of benzene rings is 3. The first-order valence-corrected chi connectivity index (χ1v) is 15.1. The van der Waals surface area contributed by atoms with Gasteiger partial charge in [0, 0.05) is 22.5 Å². The van der Waals surface area contributed by atoms with Crippen LogP contribution < -0.4 is 4.90 Å². The lowest BCUT2D eigenvalue weighted by molar-refractivity contribution is -0.929. The van der Waals surface area contributed by atoms with E-state index in [2.05, 4.69) is 63.4 Å². The van der Waals surface area contributed by atoms with Gasteiger partial charge < -0.3 is 9.80 Å². The maximum Gasteiger partial charge on any atom is 0.278 e. The molecule has 2 aliphatic rings. The molecular weight excluding hydrogens is 542 g/mol. The number of piperazine rings is 1. The van der Waals surface area contributed by atoms with Crippen molar-refractivity contribution < 1.29 is 14.5 Å². The highest BCUT2D eigenvalue weighted by molar-refractivity contribution is 8.04. The minimum Gasteiger partial charge on any atom is -0.355 e. The van der Waals surface area contributed by atoms with Gasteiger partial charge in [-0.1, -0.05) is 91.0 Å². The van der Waals surface area contributed by atoms with E-state index in [-0.39, 0.29) is 24.4 Å². The van der Waals surface area contributed by atoms with E-state index in [1.807, 2.05) is 62.4 Å². The van der Waals surface area contributed by atoms with Gasteiger partial charge in [-0.05, 0) is 37.2 Å². The molecule has 1 fully saturated rings. The maximum absolute atomic E-state index is 14.0. The van der Waals surface area contributed by atoms with Crippen LogP contribution in [0.2, 0.25) is 0 Å². The Morgan fingerprint density at radius 1 is 0.762 bits per heavy atom. The van der Waals surface area contributed by atoms with Crippen LogP contribution in [0.5, 0.6) is 0 Å². The maximum atomic E-state index is 14.0. The number of imide groups is 1. The van der Waals surface area contributed by atoms with E-state index in [0.29, 0.717) is 28.8 Å². The summed E-state index contributed by atoms with van der Waals surface area (Å²) in [5.74, 6) is -0.533. The lowest BCUT2D eigenvalue weighted by atomic mass is 9.96. The predicted molar refractivity (Wildman–Crippen MR) is 163 cm³/mol. The van der Waals surface area contributed by atoms with E-state index in [9.17, 15) is 9.59 Å². The fraction of sp³-hybridized carbons (Fsp3) is 0.235. The molecule has 0 saturated carbocycles. The Labute approximate surface area is 250 Å². The standard InChI is InChI=1S/C34H33N5O2S/c1-24-22-25(2)36-34(35-24)42-31-30(32(40)39(33(31)41)23-26-12-6-3-7-13-26)38-20-18-37(19-21-38)29(27-14-8-4-9-15-27)28-16-10-5-11-17-28/h3-17,22,29H,18-21,23H2,1-2H3/p+1. The molecule has 3 heterocycles. The zero-order valence-corrected chi connectivity index (χ0v) is 24.7. The highest BCUT2D eigenvalue weighted by Crippen LogP contribution is 2.36. The number of amides is 2. The van der Waals surface area contributed by atoms with Gasteiger partial charge in [0.1, 0.15) is 16.6 Å². The van der Waals surface area contributed by atoms with Gasteiger partial charge in [0.25, 0.3) is 11.8 Å².